The summed E-state index contributed by atoms with van der Waals surface area (Å²) in [5.41, 5.74) is 5.42. The van der Waals surface area contributed by atoms with E-state index in [1.807, 2.05) is 0 Å². The van der Waals surface area contributed by atoms with Crippen LogP contribution in [-0.2, 0) is 0 Å². The van der Waals surface area contributed by atoms with E-state index < -0.39 is 0 Å². The number of fused-ring (bicyclic) bond motifs is 1. The van der Waals surface area contributed by atoms with Crippen LogP contribution in [0, 0.1) is 5.92 Å². The Morgan fingerprint density at radius 1 is 1.11 bits per heavy atom. The molecular weight excluding hydrogens is 218 g/mol. The van der Waals surface area contributed by atoms with Crippen molar-refractivity contribution in [2.75, 3.05) is 0 Å². The molecule has 0 N–H and O–H groups in total. The van der Waals surface area contributed by atoms with Gasteiger partial charge in [0.05, 0.1) is 5.69 Å². The highest BCUT2D eigenvalue weighted by Crippen LogP contribution is 2.36. The third kappa shape index (κ3) is 2.50. The minimum atomic E-state index is 0.511. The van der Waals surface area contributed by atoms with E-state index in [1.165, 1.54) is 35.4 Å². The van der Waals surface area contributed by atoms with Gasteiger partial charge in [-0.05, 0) is 47.8 Å². The normalized spacial score (nSPS) is 19.7. The van der Waals surface area contributed by atoms with Crippen LogP contribution in [0.1, 0.15) is 76.2 Å². The minimum absolute atomic E-state index is 0.511. The van der Waals surface area contributed by atoms with Crippen LogP contribution in [0.3, 0.4) is 0 Å². The molecule has 2 rings (SSSR count). The molecule has 0 bridgehead atoms. The molecule has 1 aromatic heterocycles. The molecule has 1 aromatic rings. The van der Waals surface area contributed by atoms with E-state index in [-0.39, 0.29) is 0 Å². The smallest absolute Gasteiger partial charge is 0.0510 e. The highest BCUT2D eigenvalue weighted by atomic mass is 14.7. The average Bonchev–Trinajstić information content (AvgIpc) is 2.48. The summed E-state index contributed by atoms with van der Waals surface area (Å²) in [6.45, 7) is 11.3. The van der Waals surface area contributed by atoms with Gasteiger partial charge in [0.25, 0.3) is 0 Å². The predicted molar refractivity (Wildman–Crippen MR) is 78.8 cm³/mol. The van der Waals surface area contributed by atoms with Gasteiger partial charge < -0.3 is 0 Å². The van der Waals surface area contributed by atoms with Crippen LogP contribution in [0.25, 0.3) is 5.57 Å². The Bertz CT molecular complexity index is 455. The molecule has 1 heterocycles. The Morgan fingerprint density at radius 2 is 1.83 bits per heavy atom. The number of hydrogen-bond acceptors (Lipinski definition) is 1. The van der Waals surface area contributed by atoms with Crippen molar-refractivity contribution in [3.8, 4) is 0 Å². The SMILES string of the molecule is CC(C)C1=CCCC(C)c2nc(C(C)C)ccc21. The Hall–Kier alpha value is -1.11. The van der Waals surface area contributed by atoms with Crippen molar-refractivity contribution in [1.29, 1.82) is 0 Å². The van der Waals surface area contributed by atoms with E-state index in [1.54, 1.807) is 0 Å². The van der Waals surface area contributed by atoms with Crippen LogP contribution in [0.4, 0.5) is 0 Å². The second-order valence-corrected chi connectivity index (χ2v) is 6.12. The van der Waals surface area contributed by atoms with Crippen LogP contribution >= 0.6 is 0 Å². The van der Waals surface area contributed by atoms with Gasteiger partial charge in [0, 0.05) is 5.69 Å². The van der Waals surface area contributed by atoms with Gasteiger partial charge in [-0.2, -0.15) is 0 Å². The van der Waals surface area contributed by atoms with Gasteiger partial charge in [0.2, 0.25) is 0 Å². The summed E-state index contributed by atoms with van der Waals surface area (Å²) in [5, 5.41) is 0. The fourth-order valence-corrected chi connectivity index (χ4v) is 2.71. The first-order chi connectivity index (χ1) is 8.50. The number of aromatic nitrogens is 1. The minimum Gasteiger partial charge on any atom is -0.257 e. The van der Waals surface area contributed by atoms with Crippen molar-refractivity contribution < 1.29 is 0 Å². The summed E-state index contributed by atoms with van der Waals surface area (Å²) in [4.78, 5) is 4.95. The molecule has 0 amide bonds. The molecule has 1 unspecified atom stereocenters. The van der Waals surface area contributed by atoms with Gasteiger partial charge in [0.15, 0.2) is 0 Å². The maximum absolute atomic E-state index is 4.95. The molecule has 0 spiro atoms. The van der Waals surface area contributed by atoms with Crippen LogP contribution < -0.4 is 0 Å². The second kappa shape index (κ2) is 5.26. The summed E-state index contributed by atoms with van der Waals surface area (Å²) >= 11 is 0. The highest BCUT2D eigenvalue weighted by molar-refractivity contribution is 5.69. The van der Waals surface area contributed by atoms with Gasteiger partial charge >= 0.3 is 0 Å². The lowest BCUT2D eigenvalue weighted by Gasteiger charge is -2.18. The summed E-state index contributed by atoms with van der Waals surface area (Å²) in [6.07, 6.45) is 4.82. The first-order valence-corrected chi connectivity index (χ1v) is 7.22. The number of hydrogen-bond donors (Lipinski definition) is 0. The lowest BCUT2D eigenvalue weighted by atomic mass is 9.91. The Labute approximate surface area is 111 Å². The van der Waals surface area contributed by atoms with Crippen LogP contribution in [0.2, 0.25) is 0 Å². The van der Waals surface area contributed by atoms with Gasteiger partial charge in [-0.25, -0.2) is 0 Å². The lowest BCUT2D eigenvalue weighted by molar-refractivity contribution is 0.664. The van der Waals surface area contributed by atoms with E-state index in [9.17, 15) is 0 Å². The molecule has 1 aliphatic rings. The molecule has 0 saturated carbocycles. The zero-order chi connectivity index (χ0) is 13.3. The number of rotatable bonds is 2. The van der Waals surface area contributed by atoms with Crippen molar-refractivity contribution in [3.63, 3.8) is 0 Å². The Balaban J connectivity index is 2.53. The monoisotopic (exact) mass is 243 g/mol. The third-order valence-electron chi connectivity index (χ3n) is 3.90. The van der Waals surface area contributed by atoms with Crippen LogP contribution in [-0.4, -0.2) is 4.98 Å². The predicted octanol–water partition coefficient (Wildman–Crippen LogP) is 5.14. The lowest BCUT2D eigenvalue weighted by Crippen LogP contribution is -2.06. The van der Waals surface area contributed by atoms with Crippen LogP contribution in [0.5, 0.6) is 0 Å². The topological polar surface area (TPSA) is 12.9 Å². The fourth-order valence-electron chi connectivity index (χ4n) is 2.71. The van der Waals surface area contributed by atoms with Gasteiger partial charge in [0.1, 0.15) is 0 Å². The largest absolute Gasteiger partial charge is 0.257 e. The summed E-state index contributed by atoms with van der Waals surface area (Å²) < 4.78 is 0. The van der Waals surface area contributed by atoms with E-state index in [0.717, 1.165) is 0 Å². The maximum Gasteiger partial charge on any atom is 0.0510 e. The van der Waals surface area contributed by atoms with Crippen LogP contribution in [0.15, 0.2) is 18.2 Å². The van der Waals surface area contributed by atoms with Gasteiger partial charge in [-0.15, -0.1) is 0 Å². The second-order valence-electron chi connectivity index (χ2n) is 6.12. The molecule has 98 valence electrons. The number of allylic oxidation sites excluding steroid dienone is 2. The van der Waals surface area contributed by atoms with E-state index in [0.29, 0.717) is 17.8 Å². The number of nitrogens with zero attached hydrogens (tertiary/aromatic N) is 1. The first kappa shape index (κ1) is 13.3. The maximum atomic E-state index is 4.95. The van der Waals surface area contributed by atoms with Crippen molar-refractivity contribution >= 4 is 5.57 Å². The summed E-state index contributed by atoms with van der Waals surface area (Å²) in [7, 11) is 0. The van der Waals surface area contributed by atoms with E-state index >= 15 is 0 Å². The van der Waals surface area contributed by atoms with Crippen molar-refractivity contribution in [3.05, 3.63) is 35.2 Å². The van der Waals surface area contributed by atoms with Gasteiger partial charge in [-0.1, -0.05) is 46.8 Å². The summed E-state index contributed by atoms with van der Waals surface area (Å²) in [5.74, 6) is 1.67. The van der Waals surface area contributed by atoms with Gasteiger partial charge in [-0.3, -0.25) is 4.98 Å². The standard InChI is InChI=1S/C17H25N/c1-11(2)14-8-6-7-13(5)17-15(14)9-10-16(18-17)12(3)4/h8-13H,6-7H2,1-5H3. The quantitative estimate of drug-likeness (QED) is 0.700. The highest BCUT2D eigenvalue weighted by Gasteiger charge is 2.20. The molecular formula is C17H25N. The van der Waals surface area contributed by atoms with Crippen molar-refractivity contribution in [2.24, 2.45) is 5.92 Å². The van der Waals surface area contributed by atoms with E-state index in [2.05, 4.69) is 52.8 Å². The third-order valence-corrected chi connectivity index (χ3v) is 3.90. The van der Waals surface area contributed by atoms with E-state index in [4.69, 9.17) is 4.98 Å². The zero-order valence-corrected chi connectivity index (χ0v) is 12.3. The summed E-state index contributed by atoms with van der Waals surface area (Å²) in [6, 6.07) is 4.50. The number of pyridine rings is 1. The molecule has 0 saturated heterocycles. The molecule has 18 heavy (non-hydrogen) atoms. The molecule has 0 aromatic carbocycles. The van der Waals surface area contributed by atoms with Crippen molar-refractivity contribution in [1.82, 2.24) is 4.98 Å². The first-order valence-electron chi connectivity index (χ1n) is 7.22. The average molecular weight is 243 g/mol. The fraction of sp³-hybridized carbons (Fsp3) is 0.588. The molecule has 1 aliphatic carbocycles. The molecule has 1 atom stereocenters. The molecule has 1 heteroatoms. The molecule has 0 radical (unpaired) electrons. The molecule has 0 fully saturated rings. The zero-order valence-electron chi connectivity index (χ0n) is 12.3. The Morgan fingerprint density at radius 3 is 2.44 bits per heavy atom. The van der Waals surface area contributed by atoms with Crippen molar-refractivity contribution in [2.45, 2.75) is 59.3 Å². The molecule has 0 aliphatic heterocycles. The Kier molecular flexibility index (Phi) is 3.89. The molecule has 1 nitrogen and oxygen atoms in total.